The number of carbonyl (C=O) groups is 1. The summed E-state index contributed by atoms with van der Waals surface area (Å²) < 4.78 is 5.74. The van der Waals surface area contributed by atoms with Crippen molar-refractivity contribution < 1.29 is 9.53 Å². The zero-order chi connectivity index (χ0) is 18.0. The van der Waals surface area contributed by atoms with Crippen molar-refractivity contribution in [1.29, 1.82) is 0 Å². The summed E-state index contributed by atoms with van der Waals surface area (Å²) in [4.78, 5) is 14.9. The first kappa shape index (κ1) is 18.0. The predicted octanol–water partition coefficient (Wildman–Crippen LogP) is 3.28. The molecule has 1 unspecified atom stereocenters. The molecule has 0 radical (unpaired) electrons. The summed E-state index contributed by atoms with van der Waals surface area (Å²) in [6.45, 7) is 7.00. The van der Waals surface area contributed by atoms with Gasteiger partial charge in [-0.3, -0.25) is 9.69 Å². The maximum absolute atomic E-state index is 12.4. The number of likely N-dealkylation sites (tertiary alicyclic amines) is 1. The molecule has 4 nitrogen and oxygen atoms in total. The highest BCUT2D eigenvalue weighted by molar-refractivity contribution is 5.77. The van der Waals surface area contributed by atoms with Gasteiger partial charge in [-0.05, 0) is 74.6 Å². The third kappa shape index (κ3) is 4.12. The smallest absolute Gasteiger partial charge is 0.220 e. The minimum absolute atomic E-state index is 0.197. The molecule has 142 valence electrons. The molecule has 1 saturated carbocycles. The van der Waals surface area contributed by atoms with Gasteiger partial charge in [0.15, 0.2) is 0 Å². The van der Waals surface area contributed by atoms with E-state index in [0.717, 1.165) is 45.5 Å². The first-order chi connectivity index (χ1) is 12.6. The highest BCUT2D eigenvalue weighted by Crippen LogP contribution is 2.41. The Labute approximate surface area is 157 Å². The largest absolute Gasteiger partial charge is 0.379 e. The Balaban J connectivity index is 1.35. The van der Waals surface area contributed by atoms with Crippen molar-refractivity contribution in [2.75, 3.05) is 26.3 Å². The monoisotopic (exact) mass is 356 g/mol. The molecule has 1 aliphatic carbocycles. The van der Waals surface area contributed by atoms with Crippen LogP contribution in [0.3, 0.4) is 0 Å². The molecule has 4 rings (SSSR count). The minimum Gasteiger partial charge on any atom is -0.379 e. The van der Waals surface area contributed by atoms with Gasteiger partial charge in [-0.1, -0.05) is 24.3 Å². The van der Waals surface area contributed by atoms with Gasteiger partial charge in [-0.15, -0.1) is 0 Å². The van der Waals surface area contributed by atoms with Gasteiger partial charge in [0.2, 0.25) is 5.91 Å². The van der Waals surface area contributed by atoms with Crippen molar-refractivity contribution in [3.63, 3.8) is 0 Å². The second-order valence-corrected chi connectivity index (χ2v) is 8.66. The Morgan fingerprint density at radius 1 is 1.23 bits per heavy atom. The number of aryl methyl sites for hydroxylation is 1. The standard InChI is InChI=1S/C22H32N2O2/c1-17-4-2-3-5-19(17)15-24-11-8-22(9-12-24)10-13-26-16-20(22)23-21(25)14-18-6-7-18/h2-5,18,20H,6-16H2,1H3,(H,23,25). The SMILES string of the molecule is Cc1ccccc1CN1CCC2(CCOCC2NC(=O)CC2CC2)CC1. The van der Waals surface area contributed by atoms with Crippen molar-refractivity contribution >= 4 is 5.91 Å². The van der Waals surface area contributed by atoms with Crippen LogP contribution in [0.25, 0.3) is 0 Å². The van der Waals surface area contributed by atoms with E-state index >= 15 is 0 Å². The summed E-state index contributed by atoms with van der Waals surface area (Å²) in [7, 11) is 0. The molecule has 2 heterocycles. The van der Waals surface area contributed by atoms with E-state index in [-0.39, 0.29) is 17.4 Å². The van der Waals surface area contributed by atoms with Crippen LogP contribution in [-0.2, 0) is 16.1 Å². The predicted molar refractivity (Wildman–Crippen MR) is 103 cm³/mol. The zero-order valence-corrected chi connectivity index (χ0v) is 16.0. The van der Waals surface area contributed by atoms with E-state index in [1.165, 1.54) is 24.0 Å². The molecule has 3 aliphatic rings. The normalized spacial score (nSPS) is 26.0. The number of hydrogen-bond donors (Lipinski definition) is 1. The van der Waals surface area contributed by atoms with E-state index in [1.807, 2.05) is 0 Å². The molecule has 2 aliphatic heterocycles. The van der Waals surface area contributed by atoms with Gasteiger partial charge in [-0.2, -0.15) is 0 Å². The van der Waals surface area contributed by atoms with Crippen LogP contribution in [0.2, 0.25) is 0 Å². The fraction of sp³-hybridized carbons (Fsp3) is 0.682. The first-order valence-corrected chi connectivity index (χ1v) is 10.3. The van der Waals surface area contributed by atoms with Crippen LogP contribution in [0.5, 0.6) is 0 Å². The molecular formula is C22H32N2O2. The quantitative estimate of drug-likeness (QED) is 0.880. The van der Waals surface area contributed by atoms with Crippen molar-refractivity contribution in [3.05, 3.63) is 35.4 Å². The van der Waals surface area contributed by atoms with Gasteiger partial charge >= 0.3 is 0 Å². The van der Waals surface area contributed by atoms with Crippen molar-refractivity contribution in [2.45, 2.75) is 58.0 Å². The maximum atomic E-state index is 12.4. The Kier molecular flexibility index (Phi) is 5.32. The molecule has 1 atom stereocenters. The molecule has 0 aromatic heterocycles. The topological polar surface area (TPSA) is 41.6 Å². The second-order valence-electron chi connectivity index (χ2n) is 8.66. The van der Waals surface area contributed by atoms with Gasteiger partial charge in [0.25, 0.3) is 0 Å². The summed E-state index contributed by atoms with van der Waals surface area (Å²) in [6.07, 6.45) is 6.58. The second kappa shape index (κ2) is 7.69. The number of benzene rings is 1. The van der Waals surface area contributed by atoms with Gasteiger partial charge in [0, 0.05) is 19.6 Å². The van der Waals surface area contributed by atoms with E-state index in [1.54, 1.807) is 0 Å². The molecule has 1 spiro atoms. The highest BCUT2D eigenvalue weighted by Gasteiger charge is 2.44. The van der Waals surface area contributed by atoms with Crippen LogP contribution in [-0.4, -0.2) is 43.2 Å². The molecule has 1 aromatic carbocycles. The average molecular weight is 357 g/mol. The van der Waals surface area contributed by atoms with E-state index in [4.69, 9.17) is 4.74 Å². The molecule has 1 amide bonds. The van der Waals surface area contributed by atoms with Gasteiger partial charge in [0.1, 0.15) is 0 Å². The van der Waals surface area contributed by atoms with Gasteiger partial charge in [-0.25, -0.2) is 0 Å². The lowest BCUT2D eigenvalue weighted by Gasteiger charge is -2.49. The first-order valence-electron chi connectivity index (χ1n) is 10.3. The molecular weight excluding hydrogens is 324 g/mol. The van der Waals surface area contributed by atoms with E-state index in [2.05, 4.69) is 41.4 Å². The van der Waals surface area contributed by atoms with Crippen LogP contribution < -0.4 is 5.32 Å². The maximum Gasteiger partial charge on any atom is 0.220 e. The van der Waals surface area contributed by atoms with Crippen LogP contribution >= 0.6 is 0 Å². The van der Waals surface area contributed by atoms with Crippen LogP contribution in [0.1, 0.15) is 49.7 Å². The highest BCUT2D eigenvalue weighted by atomic mass is 16.5. The summed E-state index contributed by atoms with van der Waals surface area (Å²) in [6, 6.07) is 8.89. The minimum atomic E-state index is 0.197. The number of rotatable bonds is 5. The summed E-state index contributed by atoms with van der Waals surface area (Å²) in [5.41, 5.74) is 3.05. The van der Waals surface area contributed by atoms with E-state index in [9.17, 15) is 4.79 Å². The lowest BCUT2D eigenvalue weighted by Crippen LogP contribution is -2.57. The summed E-state index contributed by atoms with van der Waals surface area (Å²) in [5, 5.41) is 3.34. The summed E-state index contributed by atoms with van der Waals surface area (Å²) >= 11 is 0. The van der Waals surface area contributed by atoms with E-state index in [0.29, 0.717) is 18.9 Å². The fourth-order valence-electron chi connectivity index (χ4n) is 4.64. The molecule has 1 N–H and O–H groups in total. The lowest BCUT2D eigenvalue weighted by molar-refractivity contribution is -0.127. The number of hydrogen-bond acceptors (Lipinski definition) is 3. The summed E-state index contributed by atoms with van der Waals surface area (Å²) in [5.74, 6) is 0.885. The zero-order valence-electron chi connectivity index (χ0n) is 16.0. The van der Waals surface area contributed by atoms with Gasteiger partial charge in [0.05, 0.1) is 12.6 Å². The molecule has 26 heavy (non-hydrogen) atoms. The van der Waals surface area contributed by atoms with Crippen LogP contribution in [0, 0.1) is 18.3 Å². The molecule has 3 fully saturated rings. The number of amides is 1. The average Bonchev–Trinajstić information content (AvgIpc) is 3.45. The molecule has 2 saturated heterocycles. The molecule has 0 bridgehead atoms. The Bertz CT molecular complexity index is 633. The van der Waals surface area contributed by atoms with E-state index < -0.39 is 0 Å². The van der Waals surface area contributed by atoms with Crippen molar-refractivity contribution in [3.8, 4) is 0 Å². The van der Waals surface area contributed by atoms with Crippen LogP contribution in [0.15, 0.2) is 24.3 Å². The number of piperidine rings is 1. The van der Waals surface area contributed by atoms with Crippen molar-refractivity contribution in [1.82, 2.24) is 10.2 Å². The van der Waals surface area contributed by atoms with Crippen LogP contribution in [0.4, 0.5) is 0 Å². The molecule has 4 heteroatoms. The Morgan fingerprint density at radius 3 is 2.73 bits per heavy atom. The number of nitrogens with zero attached hydrogens (tertiary/aromatic N) is 1. The Hall–Kier alpha value is -1.39. The lowest BCUT2D eigenvalue weighted by atomic mass is 9.69. The van der Waals surface area contributed by atoms with Gasteiger partial charge < -0.3 is 10.1 Å². The molecule has 1 aromatic rings. The number of carbonyl (C=O) groups excluding carboxylic acids is 1. The fourth-order valence-corrected chi connectivity index (χ4v) is 4.64. The number of nitrogens with one attached hydrogen (secondary N) is 1. The number of ether oxygens (including phenoxy) is 1. The third-order valence-corrected chi connectivity index (χ3v) is 6.78. The Morgan fingerprint density at radius 2 is 2.00 bits per heavy atom. The third-order valence-electron chi connectivity index (χ3n) is 6.78. The van der Waals surface area contributed by atoms with Crippen molar-refractivity contribution in [2.24, 2.45) is 11.3 Å².